The molecule has 3 N–H and O–H groups in total. The van der Waals surface area contributed by atoms with Crippen molar-refractivity contribution in [2.45, 2.75) is 17.7 Å². The maximum Gasteiger partial charge on any atom is 0.271 e. The Morgan fingerprint density at radius 3 is 2.24 bits per heavy atom. The van der Waals surface area contributed by atoms with E-state index in [1.165, 1.54) is 59.3 Å². The number of aromatic nitrogens is 2. The molecular weight excluding hydrogens is 449 g/mol. The predicted octanol–water partition coefficient (Wildman–Crippen LogP) is 1.87. The number of halogens is 1. The molecule has 1 amide bonds. The van der Waals surface area contributed by atoms with Crippen LogP contribution in [0.3, 0.4) is 0 Å². The Kier molecular flexibility index (Phi) is 6.25. The van der Waals surface area contributed by atoms with Gasteiger partial charge in [0.15, 0.2) is 0 Å². The van der Waals surface area contributed by atoms with Gasteiger partial charge in [-0.1, -0.05) is 0 Å². The van der Waals surface area contributed by atoms with Crippen LogP contribution in [0, 0.1) is 11.7 Å². The third-order valence-electron chi connectivity index (χ3n) is 5.50. The van der Waals surface area contributed by atoms with Crippen LogP contribution in [-0.2, 0) is 14.8 Å². The van der Waals surface area contributed by atoms with Gasteiger partial charge < -0.3 is 10.2 Å². The molecule has 0 atom stereocenters. The summed E-state index contributed by atoms with van der Waals surface area (Å²) in [7, 11) is -3.79. The van der Waals surface area contributed by atoms with Gasteiger partial charge in [-0.25, -0.2) is 17.9 Å². The van der Waals surface area contributed by atoms with Gasteiger partial charge in [0.05, 0.1) is 10.6 Å². The topological polar surface area (TPSA) is 127 Å². The van der Waals surface area contributed by atoms with Gasteiger partial charge in [-0.15, -0.1) is 5.10 Å². The van der Waals surface area contributed by atoms with Gasteiger partial charge >= 0.3 is 0 Å². The predicted molar refractivity (Wildman–Crippen MR) is 121 cm³/mol. The van der Waals surface area contributed by atoms with E-state index in [0.717, 1.165) is 0 Å². The van der Waals surface area contributed by atoms with Gasteiger partial charge in [-0.3, -0.25) is 9.59 Å². The molecular formula is C22H22FN5O4S. The lowest BCUT2D eigenvalue weighted by molar-refractivity contribution is -0.120. The number of hydrogen-bond acceptors (Lipinski definition) is 6. The summed E-state index contributed by atoms with van der Waals surface area (Å²) in [6, 6.07) is 14.2. The summed E-state index contributed by atoms with van der Waals surface area (Å²) in [5.74, 6) is -0.176. The molecule has 0 aliphatic carbocycles. The maximum absolute atomic E-state index is 13.2. The van der Waals surface area contributed by atoms with E-state index in [1.54, 1.807) is 6.07 Å². The monoisotopic (exact) mass is 471 g/mol. The van der Waals surface area contributed by atoms with Gasteiger partial charge in [0.2, 0.25) is 15.9 Å². The highest BCUT2D eigenvalue weighted by Gasteiger charge is 2.26. The van der Waals surface area contributed by atoms with Crippen molar-refractivity contribution in [3.8, 4) is 5.69 Å². The number of nitrogens with zero attached hydrogens (tertiary/aromatic N) is 3. The van der Waals surface area contributed by atoms with Crippen LogP contribution in [-0.4, -0.2) is 37.2 Å². The number of carbonyl (C=O) groups is 1. The largest absolute Gasteiger partial charge is 0.355 e. The summed E-state index contributed by atoms with van der Waals surface area (Å²) in [5, 5.41) is 12.3. The zero-order chi connectivity index (χ0) is 23.6. The normalized spacial score (nSPS) is 14.8. The average molecular weight is 472 g/mol. The van der Waals surface area contributed by atoms with Crippen LogP contribution in [0.4, 0.5) is 15.9 Å². The third kappa shape index (κ3) is 5.26. The zero-order valence-corrected chi connectivity index (χ0v) is 18.3. The number of nitrogens with one attached hydrogen (secondary N) is 1. The minimum absolute atomic E-state index is 0.0247. The number of hydrogen-bond donors (Lipinski definition) is 2. The fraction of sp³-hybridized carbons (Fsp3) is 0.227. The molecule has 172 valence electrons. The Labute approximate surface area is 189 Å². The molecule has 2 heterocycles. The summed E-state index contributed by atoms with van der Waals surface area (Å²) in [6.45, 7) is 1.13. The molecule has 0 spiro atoms. The minimum atomic E-state index is -3.79. The first-order valence-electron chi connectivity index (χ1n) is 10.3. The Morgan fingerprint density at radius 2 is 1.64 bits per heavy atom. The number of primary sulfonamides is 1. The van der Waals surface area contributed by atoms with E-state index in [1.807, 2.05) is 4.90 Å². The molecule has 0 saturated carbocycles. The first kappa shape index (κ1) is 22.6. The number of anilines is 2. The van der Waals surface area contributed by atoms with Gasteiger partial charge in [0.25, 0.3) is 5.56 Å². The van der Waals surface area contributed by atoms with Crippen molar-refractivity contribution in [2.24, 2.45) is 11.1 Å². The van der Waals surface area contributed by atoms with Crippen LogP contribution in [0.25, 0.3) is 5.69 Å². The van der Waals surface area contributed by atoms with E-state index in [4.69, 9.17) is 5.14 Å². The lowest BCUT2D eigenvalue weighted by atomic mass is 9.96. The second-order valence-electron chi connectivity index (χ2n) is 7.74. The fourth-order valence-corrected chi connectivity index (χ4v) is 4.20. The third-order valence-corrected chi connectivity index (χ3v) is 6.43. The Morgan fingerprint density at radius 1 is 1.00 bits per heavy atom. The highest BCUT2D eigenvalue weighted by Crippen LogP contribution is 2.23. The standard InChI is InChI=1S/C22H22FN5O4S/c23-16-1-5-18(6-2-16)28-21(29)10-9-20(26-28)27-13-11-15(12-14-27)22(30)25-17-3-7-19(8-4-17)33(24,31)32/h1-10,15H,11-14H2,(H,25,30)(H2,24,31,32). The van der Waals surface area contributed by atoms with Crippen LogP contribution >= 0.6 is 0 Å². The van der Waals surface area contributed by atoms with Gasteiger partial charge in [-0.2, -0.15) is 4.68 Å². The van der Waals surface area contributed by atoms with Crippen molar-refractivity contribution in [3.05, 3.63) is 76.8 Å². The van der Waals surface area contributed by atoms with Crippen molar-refractivity contribution in [1.29, 1.82) is 0 Å². The van der Waals surface area contributed by atoms with Crippen molar-refractivity contribution >= 4 is 27.4 Å². The summed E-state index contributed by atoms with van der Waals surface area (Å²) in [4.78, 5) is 26.8. The van der Waals surface area contributed by atoms with E-state index in [9.17, 15) is 22.4 Å². The quantitative estimate of drug-likeness (QED) is 0.585. The molecule has 0 unspecified atom stereocenters. The lowest BCUT2D eigenvalue weighted by Gasteiger charge is -2.32. The van der Waals surface area contributed by atoms with Crippen LogP contribution < -0.4 is 20.9 Å². The second kappa shape index (κ2) is 9.12. The lowest BCUT2D eigenvalue weighted by Crippen LogP contribution is -2.39. The summed E-state index contributed by atoms with van der Waals surface area (Å²) in [6.07, 6.45) is 1.16. The number of sulfonamides is 1. The van der Waals surface area contributed by atoms with Crippen molar-refractivity contribution in [3.63, 3.8) is 0 Å². The Balaban J connectivity index is 1.39. The number of rotatable bonds is 5. The van der Waals surface area contributed by atoms with Crippen molar-refractivity contribution in [1.82, 2.24) is 9.78 Å². The molecule has 4 rings (SSSR count). The van der Waals surface area contributed by atoms with Crippen LogP contribution in [0.1, 0.15) is 12.8 Å². The number of carbonyl (C=O) groups excluding carboxylic acids is 1. The molecule has 1 aliphatic rings. The van der Waals surface area contributed by atoms with E-state index in [0.29, 0.717) is 43.1 Å². The molecule has 3 aromatic rings. The summed E-state index contributed by atoms with van der Waals surface area (Å²) in [5.41, 5.74) is 0.627. The highest BCUT2D eigenvalue weighted by atomic mass is 32.2. The smallest absolute Gasteiger partial charge is 0.271 e. The molecule has 0 bridgehead atoms. The first-order chi connectivity index (χ1) is 15.7. The molecule has 33 heavy (non-hydrogen) atoms. The van der Waals surface area contributed by atoms with Crippen molar-refractivity contribution < 1.29 is 17.6 Å². The molecule has 1 saturated heterocycles. The molecule has 1 aliphatic heterocycles. The molecule has 1 aromatic heterocycles. The number of amides is 1. The van der Waals surface area contributed by atoms with Gasteiger partial charge in [-0.05, 0) is 67.4 Å². The fourth-order valence-electron chi connectivity index (χ4n) is 3.68. The number of nitrogens with two attached hydrogens (primary N) is 1. The minimum Gasteiger partial charge on any atom is -0.355 e. The van der Waals surface area contributed by atoms with Crippen LogP contribution in [0.5, 0.6) is 0 Å². The van der Waals surface area contributed by atoms with Crippen LogP contribution in [0.15, 0.2) is 70.4 Å². The zero-order valence-electron chi connectivity index (χ0n) is 17.5. The van der Waals surface area contributed by atoms with E-state index >= 15 is 0 Å². The number of piperidine rings is 1. The average Bonchev–Trinajstić information content (AvgIpc) is 2.80. The van der Waals surface area contributed by atoms with Crippen molar-refractivity contribution in [2.75, 3.05) is 23.3 Å². The van der Waals surface area contributed by atoms with Crippen LogP contribution in [0.2, 0.25) is 0 Å². The Hall–Kier alpha value is -3.57. The summed E-state index contributed by atoms with van der Waals surface area (Å²) >= 11 is 0. The van der Waals surface area contributed by atoms with E-state index in [2.05, 4.69) is 10.4 Å². The second-order valence-corrected chi connectivity index (χ2v) is 9.30. The molecule has 9 nitrogen and oxygen atoms in total. The number of benzene rings is 2. The Bertz CT molecular complexity index is 1320. The molecule has 11 heteroatoms. The van der Waals surface area contributed by atoms with Gasteiger partial charge in [0, 0.05) is 30.8 Å². The first-order valence-corrected chi connectivity index (χ1v) is 11.8. The van der Waals surface area contributed by atoms with E-state index in [-0.39, 0.29) is 22.3 Å². The molecule has 1 fully saturated rings. The molecule has 2 aromatic carbocycles. The van der Waals surface area contributed by atoms with Gasteiger partial charge in [0.1, 0.15) is 11.6 Å². The molecule has 0 radical (unpaired) electrons. The highest BCUT2D eigenvalue weighted by molar-refractivity contribution is 7.89. The van der Waals surface area contributed by atoms with E-state index < -0.39 is 15.8 Å². The SMILES string of the molecule is NS(=O)(=O)c1ccc(NC(=O)C2CCN(c3ccc(=O)n(-c4ccc(F)cc4)n3)CC2)cc1. The summed E-state index contributed by atoms with van der Waals surface area (Å²) < 4.78 is 37.1. The maximum atomic E-state index is 13.2.